The molecule has 1 aliphatic carbocycles. The molecule has 3 aromatic carbocycles. The van der Waals surface area contributed by atoms with E-state index in [2.05, 4.69) is 58.8 Å². The zero-order valence-corrected chi connectivity index (χ0v) is 23.3. The highest BCUT2D eigenvalue weighted by Crippen LogP contribution is 2.46. The molecule has 0 saturated heterocycles. The molecule has 8 heteroatoms. The Morgan fingerprint density at radius 2 is 1.65 bits per heavy atom. The number of tetrazole rings is 1. The van der Waals surface area contributed by atoms with Gasteiger partial charge in [0.05, 0.1) is 0 Å². The Bertz CT molecular complexity index is 1470. The predicted molar refractivity (Wildman–Crippen MR) is 156 cm³/mol. The van der Waals surface area contributed by atoms with Gasteiger partial charge in [-0.15, -0.1) is 5.10 Å². The molecule has 1 heterocycles. The number of anilines is 1. The molecule has 0 aliphatic heterocycles. The molecule has 0 spiro atoms. The monoisotopic (exact) mass is 536 g/mol. The summed E-state index contributed by atoms with van der Waals surface area (Å²) in [6.07, 6.45) is 4.94. The highest BCUT2D eigenvalue weighted by Gasteiger charge is 2.33. The zero-order chi connectivity index (χ0) is 28.3. The SMILES string of the molecule is CC(C)(C)C1CCC(c2c(C(N)=O)ccc(-c3ccccc3)c2Cc2ccc(C(=O)Nc3nn[nH]n3)cc2)CC1. The number of aromatic amines is 1. The van der Waals surface area contributed by atoms with Crippen molar-refractivity contribution in [3.05, 3.63) is 94.5 Å². The Hall–Kier alpha value is -4.33. The second kappa shape index (κ2) is 11.4. The van der Waals surface area contributed by atoms with Crippen LogP contribution < -0.4 is 11.1 Å². The summed E-state index contributed by atoms with van der Waals surface area (Å²) in [6.45, 7) is 6.96. The average Bonchev–Trinajstić information content (AvgIpc) is 3.46. The van der Waals surface area contributed by atoms with Crippen LogP contribution >= 0.6 is 0 Å². The molecule has 0 radical (unpaired) electrons. The minimum atomic E-state index is -0.387. The first kappa shape index (κ1) is 27.2. The van der Waals surface area contributed by atoms with E-state index in [4.69, 9.17) is 5.73 Å². The molecule has 8 nitrogen and oxygen atoms in total. The van der Waals surface area contributed by atoms with Crippen molar-refractivity contribution in [2.75, 3.05) is 5.32 Å². The normalized spacial score (nSPS) is 17.4. The molecule has 1 aromatic heterocycles. The number of nitrogens with one attached hydrogen (secondary N) is 2. The number of carbonyl (C=O) groups excluding carboxylic acids is 2. The quantitative estimate of drug-likeness (QED) is 0.262. The maximum absolute atomic E-state index is 12.8. The summed E-state index contributed by atoms with van der Waals surface area (Å²) in [7, 11) is 0. The highest BCUT2D eigenvalue weighted by molar-refractivity contribution is 6.03. The summed E-state index contributed by atoms with van der Waals surface area (Å²) in [6, 6.07) is 21.7. The molecule has 5 rings (SSSR count). The summed E-state index contributed by atoms with van der Waals surface area (Å²) in [5, 5.41) is 15.9. The molecule has 0 atom stereocenters. The van der Waals surface area contributed by atoms with Crippen LogP contribution in [0, 0.1) is 11.3 Å². The van der Waals surface area contributed by atoms with Gasteiger partial charge in [-0.2, -0.15) is 5.21 Å². The first-order chi connectivity index (χ1) is 19.2. The summed E-state index contributed by atoms with van der Waals surface area (Å²) < 4.78 is 0. The van der Waals surface area contributed by atoms with Crippen LogP contribution in [0.1, 0.15) is 89.8 Å². The number of H-pyrrole nitrogens is 1. The molecule has 0 unspecified atom stereocenters. The molecule has 4 N–H and O–H groups in total. The first-order valence-corrected chi connectivity index (χ1v) is 13.9. The van der Waals surface area contributed by atoms with E-state index in [1.165, 1.54) is 0 Å². The van der Waals surface area contributed by atoms with Crippen molar-refractivity contribution >= 4 is 17.8 Å². The van der Waals surface area contributed by atoms with Crippen LogP contribution in [0.2, 0.25) is 0 Å². The van der Waals surface area contributed by atoms with Crippen molar-refractivity contribution in [2.45, 2.75) is 58.8 Å². The smallest absolute Gasteiger partial charge is 0.270 e. The lowest BCUT2D eigenvalue weighted by Crippen LogP contribution is -2.27. The number of rotatable bonds is 7. The van der Waals surface area contributed by atoms with E-state index in [1.54, 1.807) is 12.1 Å². The lowest BCUT2D eigenvalue weighted by atomic mass is 9.67. The first-order valence-electron chi connectivity index (χ1n) is 13.9. The third-order valence-electron chi connectivity index (χ3n) is 8.24. The number of amides is 2. The van der Waals surface area contributed by atoms with Crippen molar-refractivity contribution < 1.29 is 9.59 Å². The standard InChI is InChI=1S/C32H36N6O2/c1-32(2,3)24-15-13-22(14-16-24)28-26(29(33)39)18-17-25(21-7-5-4-6-8-21)27(28)19-20-9-11-23(12-10-20)30(40)34-31-35-37-38-36-31/h4-12,17-18,22,24H,13-16,19H2,1-3H3,(H2,33,39)(H2,34,35,36,37,38,40). The largest absolute Gasteiger partial charge is 0.366 e. The summed E-state index contributed by atoms with van der Waals surface area (Å²) in [5.74, 6) is 0.343. The number of primary amides is 1. The van der Waals surface area contributed by atoms with Gasteiger partial charge in [-0.1, -0.05) is 74.4 Å². The van der Waals surface area contributed by atoms with E-state index in [0.29, 0.717) is 23.5 Å². The fourth-order valence-corrected chi connectivity index (χ4v) is 6.04. The number of benzene rings is 3. The van der Waals surface area contributed by atoms with Gasteiger partial charge < -0.3 is 5.73 Å². The fourth-order valence-electron chi connectivity index (χ4n) is 6.04. The molecule has 0 bridgehead atoms. The highest BCUT2D eigenvalue weighted by atomic mass is 16.2. The maximum atomic E-state index is 12.8. The van der Waals surface area contributed by atoms with Gasteiger partial charge in [0.25, 0.3) is 11.9 Å². The number of carbonyl (C=O) groups is 2. The molecule has 2 amide bonds. The van der Waals surface area contributed by atoms with Gasteiger partial charge in [-0.3, -0.25) is 14.9 Å². The molecule has 1 saturated carbocycles. The Labute approximate surface area is 234 Å². The van der Waals surface area contributed by atoms with E-state index < -0.39 is 0 Å². The maximum Gasteiger partial charge on any atom is 0.270 e. The van der Waals surface area contributed by atoms with Gasteiger partial charge in [0.15, 0.2) is 0 Å². The van der Waals surface area contributed by atoms with Gasteiger partial charge in [-0.25, -0.2) is 0 Å². The van der Waals surface area contributed by atoms with E-state index in [1.807, 2.05) is 42.5 Å². The van der Waals surface area contributed by atoms with Crippen LogP contribution in [0.15, 0.2) is 66.7 Å². The van der Waals surface area contributed by atoms with Gasteiger partial charge >= 0.3 is 0 Å². The molecular formula is C32H36N6O2. The van der Waals surface area contributed by atoms with Crippen LogP contribution in [-0.2, 0) is 6.42 Å². The van der Waals surface area contributed by atoms with Crippen LogP contribution in [-0.4, -0.2) is 32.4 Å². The predicted octanol–water partition coefficient (Wildman–Crippen LogP) is 6.13. The van der Waals surface area contributed by atoms with Crippen molar-refractivity contribution in [1.29, 1.82) is 0 Å². The van der Waals surface area contributed by atoms with Gasteiger partial charge in [0.1, 0.15) is 0 Å². The molecule has 40 heavy (non-hydrogen) atoms. The minimum Gasteiger partial charge on any atom is -0.366 e. The lowest BCUT2D eigenvalue weighted by Gasteiger charge is -2.38. The summed E-state index contributed by atoms with van der Waals surface area (Å²) in [5.41, 5.74) is 12.8. The van der Waals surface area contributed by atoms with Crippen molar-refractivity contribution in [3.8, 4) is 11.1 Å². The Morgan fingerprint density at radius 3 is 2.25 bits per heavy atom. The molecule has 206 valence electrons. The van der Waals surface area contributed by atoms with E-state index in [0.717, 1.165) is 53.5 Å². The number of hydrogen-bond donors (Lipinski definition) is 3. The Balaban J connectivity index is 1.52. The second-order valence-corrected chi connectivity index (χ2v) is 11.8. The van der Waals surface area contributed by atoms with Crippen LogP contribution in [0.25, 0.3) is 11.1 Å². The zero-order valence-electron chi connectivity index (χ0n) is 23.3. The Kier molecular flexibility index (Phi) is 7.78. The average molecular weight is 537 g/mol. The molecular weight excluding hydrogens is 500 g/mol. The van der Waals surface area contributed by atoms with Crippen molar-refractivity contribution in [2.24, 2.45) is 17.1 Å². The van der Waals surface area contributed by atoms with Crippen molar-refractivity contribution in [3.63, 3.8) is 0 Å². The van der Waals surface area contributed by atoms with E-state index in [9.17, 15) is 9.59 Å². The topological polar surface area (TPSA) is 127 Å². The summed E-state index contributed by atoms with van der Waals surface area (Å²) in [4.78, 5) is 25.4. The minimum absolute atomic E-state index is 0.121. The third kappa shape index (κ3) is 5.96. The third-order valence-corrected chi connectivity index (χ3v) is 8.24. The van der Waals surface area contributed by atoms with Crippen LogP contribution in [0.4, 0.5) is 5.95 Å². The number of aromatic nitrogens is 4. The molecule has 1 aliphatic rings. The summed E-state index contributed by atoms with van der Waals surface area (Å²) >= 11 is 0. The number of nitrogens with two attached hydrogens (primary N) is 1. The Morgan fingerprint density at radius 1 is 0.950 bits per heavy atom. The van der Waals surface area contributed by atoms with E-state index in [-0.39, 0.29) is 29.1 Å². The van der Waals surface area contributed by atoms with Crippen LogP contribution in [0.5, 0.6) is 0 Å². The van der Waals surface area contributed by atoms with Crippen molar-refractivity contribution in [1.82, 2.24) is 20.6 Å². The molecule has 4 aromatic rings. The second-order valence-electron chi connectivity index (χ2n) is 11.8. The van der Waals surface area contributed by atoms with Gasteiger partial charge in [0, 0.05) is 11.1 Å². The number of hydrogen-bond acceptors (Lipinski definition) is 5. The van der Waals surface area contributed by atoms with E-state index >= 15 is 0 Å². The lowest BCUT2D eigenvalue weighted by molar-refractivity contribution is 0.0995. The molecule has 1 fully saturated rings. The van der Waals surface area contributed by atoms with Crippen LogP contribution in [0.3, 0.4) is 0 Å². The van der Waals surface area contributed by atoms with Gasteiger partial charge in [0.2, 0.25) is 5.91 Å². The van der Waals surface area contributed by atoms with Gasteiger partial charge in [-0.05, 0) is 101 Å². The fraction of sp³-hybridized carbons (Fsp3) is 0.344. The number of nitrogens with zero attached hydrogens (tertiary/aromatic N) is 3.